The molecule has 0 bridgehead atoms. The maximum atomic E-state index is 12.2. The minimum atomic E-state index is -4.21. The third-order valence-electron chi connectivity index (χ3n) is 3.36. The lowest BCUT2D eigenvalue weighted by atomic mass is 10.1. The van der Waals surface area contributed by atoms with Gasteiger partial charge in [-0.15, -0.1) is 0 Å². The first-order valence-electron chi connectivity index (χ1n) is 6.75. The molecular formula is C15H20F3NS. The Labute approximate surface area is 122 Å². The molecule has 0 radical (unpaired) electrons. The Hall–Kier alpha value is -0.680. The van der Waals surface area contributed by atoms with Crippen molar-refractivity contribution >= 4 is 11.8 Å². The largest absolute Gasteiger partial charge is 0.446 e. The van der Waals surface area contributed by atoms with Crippen LogP contribution in [0.2, 0.25) is 0 Å². The van der Waals surface area contributed by atoms with E-state index in [1.54, 1.807) is 12.1 Å². The Morgan fingerprint density at radius 3 is 2.25 bits per heavy atom. The molecule has 112 valence electrons. The number of thioether (sulfide) groups is 1. The summed E-state index contributed by atoms with van der Waals surface area (Å²) in [5.74, 6) is 1.10. The fourth-order valence-corrected chi connectivity index (χ4v) is 2.77. The standard InChI is InChI=1S/C15H20F3NS/c1-14(2,3)19-9-11-8-13(11)10-4-6-12(7-5-10)20-15(16,17)18/h4-7,11,13,19H,8-9H2,1-3H3. The zero-order valence-corrected chi connectivity index (χ0v) is 12.7. The van der Waals surface area contributed by atoms with Crippen molar-refractivity contribution in [1.82, 2.24) is 5.32 Å². The van der Waals surface area contributed by atoms with Gasteiger partial charge < -0.3 is 5.32 Å². The molecule has 1 aromatic rings. The van der Waals surface area contributed by atoms with Crippen LogP contribution in [-0.2, 0) is 0 Å². The van der Waals surface area contributed by atoms with E-state index in [1.165, 1.54) is 0 Å². The van der Waals surface area contributed by atoms with Crippen LogP contribution in [0.3, 0.4) is 0 Å². The van der Waals surface area contributed by atoms with E-state index in [1.807, 2.05) is 12.1 Å². The Balaban J connectivity index is 1.86. The van der Waals surface area contributed by atoms with E-state index in [0.29, 0.717) is 11.8 Å². The summed E-state index contributed by atoms with van der Waals surface area (Å²) in [5, 5.41) is 3.47. The van der Waals surface area contributed by atoms with Crippen molar-refractivity contribution in [1.29, 1.82) is 0 Å². The normalized spacial score (nSPS) is 22.9. The summed E-state index contributed by atoms with van der Waals surface area (Å²) >= 11 is -0.0564. The van der Waals surface area contributed by atoms with E-state index < -0.39 is 5.51 Å². The van der Waals surface area contributed by atoms with E-state index in [-0.39, 0.29) is 22.2 Å². The molecule has 1 nitrogen and oxygen atoms in total. The molecule has 2 unspecified atom stereocenters. The van der Waals surface area contributed by atoms with Gasteiger partial charge in [0, 0.05) is 10.4 Å². The maximum Gasteiger partial charge on any atom is 0.446 e. The number of nitrogens with one attached hydrogen (secondary N) is 1. The van der Waals surface area contributed by atoms with Crippen molar-refractivity contribution in [3.05, 3.63) is 29.8 Å². The second-order valence-electron chi connectivity index (χ2n) is 6.35. The molecule has 0 spiro atoms. The van der Waals surface area contributed by atoms with Crippen LogP contribution in [0, 0.1) is 5.92 Å². The van der Waals surface area contributed by atoms with Crippen LogP contribution in [0.25, 0.3) is 0 Å². The van der Waals surface area contributed by atoms with Crippen molar-refractivity contribution in [2.24, 2.45) is 5.92 Å². The quantitative estimate of drug-likeness (QED) is 0.803. The Kier molecular flexibility index (Phi) is 4.40. The first kappa shape index (κ1) is 15.7. The molecule has 1 aliphatic carbocycles. The van der Waals surface area contributed by atoms with Crippen molar-refractivity contribution in [3.8, 4) is 0 Å². The van der Waals surface area contributed by atoms with Gasteiger partial charge in [-0.05, 0) is 75.0 Å². The average Bonchev–Trinajstić information content (AvgIpc) is 3.04. The van der Waals surface area contributed by atoms with Crippen LogP contribution < -0.4 is 5.32 Å². The Morgan fingerprint density at radius 2 is 1.75 bits per heavy atom. The monoisotopic (exact) mass is 303 g/mol. The summed E-state index contributed by atoms with van der Waals surface area (Å²) in [4.78, 5) is 0.256. The molecule has 1 aromatic carbocycles. The molecule has 0 aliphatic heterocycles. The van der Waals surface area contributed by atoms with E-state index >= 15 is 0 Å². The van der Waals surface area contributed by atoms with E-state index in [4.69, 9.17) is 0 Å². The number of rotatable bonds is 4. The summed E-state index contributed by atoms with van der Waals surface area (Å²) in [6.45, 7) is 7.36. The number of hydrogen-bond donors (Lipinski definition) is 1. The fraction of sp³-hybridized carbons (Fsp3) is 0.600. The van der Waals surface area contributed by atoms with Crippen molar-refractivity contribution in [2.45, 2.75) is 49.1 Å². The van der Waals surface area contributed by atoms with E-state index in [9.17, 15) is 13.2 Å². The van der Waals surface area contributed by atoms with Gasteiger partial charge in [-0.2, -0.15) is 13.2 Å². The lowest BCUT2D eigenvalue weighted by Gasteiger charge is -2.20. The first-order chi connectivity index (χ1) is 9.14. The fourth-order valence-electron chi connectivity index (χ4n) is 2.24. The van der Waals surface area contributed by atoms with Gasteiger partial charge in [0.1, 0.15) is 0 Å². The van der Waals surface area contributed by atoms with Gasteiger partial charge in [0.15, 0.2) is 0 Å². The van der Waals surface area contributed by atoms with Gasteiger partial charge in [0.05, 0.1) is 0 Å². The van der Waals surface area contributed by atoms with Crippen LogP contribution in [0.15, 0.2) is 29.2 Å². The summed E-state index contributed by atoms with van der Waals surface area (Å²) in [6.07, 6.45) is 1.12. The van der Waals surface area contributed by atoms with Crippen LogP contribution >= 0.6 is 11.8 Å². The lowest BCUT2D eigenvalue weighted by molar-refractivity contribution is -0.0328. The van der Waals surface area contributed by atoms with E-state index in [2.05, 4.69) is 26.1 Å². The number of hydrogen-bond acceptors (Lipinski definition) is 2. The van der Waals surface area contributed by atoms with Crippen LogP contribution in [0.5, 0.6) is 0 Å². The Morgan fingerprint density at radius 1 is 1.15 bits per heavy atom. The SMILES string of the molecule is CC(C)(C)NCC1CC1c1ccc(SC(F)(F)F)cc1. The predicted molar refractivity (Wildman–Crippen MR) is 77.0 cm³/mol. The molecule has 0 amide bonds. The molecule has 20 heavy (non-hydrogen) atoms. The maximum absolute atomic E-state index is 12.2. The minimum Gasteiger partial charge on any atom is -0.312 e. The molecule has 2 atom stereocenters. The van der Waals surface area contributed by atoms with Gasteiger partial charge in [-0.25, -0.2) is 0 Å². The van der Waals surface area contributed by atoms with Gasteiger partial charge in [0.25, 0.3) is 0 Å². The third-order valence-corrected chi connectivity index (χ3v) is 4.10. The van der Waals surface area contributed by atoms with Gasteiger partial charge >= 0.3 is 5.51 Å². The molecule has 1 fully saturated rings. The smallest absolute Gasteiger partial charge is 0.312 e. The number of halogens is 3. The zero-order chi connectivity index (χ0) is 15.0. The average molecular weight is 303 g/mol. The van der Waals surface area contributed by atoms with E-state index in [0.717, 1.165) is 18.5 Å². The molecule has 1 N–H and O–H groups in total. The minimum absolute atomic E-state index is 0.0564. The predicted octanol–water partition coefficient (Wildman–Crippen LogP) is 4.79. The second kappa shape index (κ2) is 5.60. The van der Waals surface area contributed by atoms with Gasteiger partial charge in [0.2, 0.25) is 0 Å². The van der Waals surface area contributed by atoms with Crippen LogP contribution in [-0.4, -0.2) is 17.6 Å². The summed E-state index contributed by atoms with van der Waals surface area (Å²) in [6, 6.07) is 6.80. The highest BCUT2D eigenvalue weighted by molar-refractivity contribution is 8.00. The first-order valence-corrected chi connectivity index (χ1v) is 7.56. The van der Waals surface area contributed by atoms with Crippen molar-refractivity contribution < 1.29 is 13.2 Å². The number of benzene rings is 1. The number of alkyl halides is 3. The van der Waals surface area contributed by atoms with Crippen molar-refractivity contribution in [2.75, 3.05) is 6.54 Å². The van der Waals surface area contributed by atoms with Crippen LogP contribution in [0.1, 0.15) is 38.7 Å². The molecule has 2 rings (SSSR count). The Bertz CT molecular complexity index is 448. The molecule has 1 aliphatic rings. The molecule has 0 saturated heterocycles. The molecule has 1 saturated carbocycles. The molecule has 0 heterocycles. The highest BCUT2D eigenvalue weighted by Gasteiger charge is 2.38. The summed E-state index contributed by atoms with van der Waals surface area (Å²) in [5.41, 5.74) is -2.95. The molecule has 0 aromatic heterocycles. The van der Waals surface area contributed by atoms with Crippen molar-refractivity contribution in [3.63, 3.8) is 0 Å². The summed E-state index contributed by atoms with van der Waals surface area (Å²) in [7, 11) is 0. The highest BCUT2D eigenvalue weighted by Crippen LogP contribution is 2.47. The zero-order valence-electron chi connectivity index (χ0n) is 11.9. The van der Waals surface area contributed by atoms with Crippen LogP contribution in [0.4, 0.5) is 13.2 Å². The molecular weight excluding hydrogens is 283 g/mol. The van der Waals surface area contributed by atoms with Gasteiger partial charge in [-0.3, -0.25) is 0 Å². The third kappa shape index (κ3) is 5.02. The summed E-state index contributed by atoms with van der Waals surface area (Å²) < 4.78 is 36.7. The van der Waals surface area contributed by atoms with Gasteiger partial charge in [-0.1, -0.05) is 12.1 Å². The topological polar surface area (TPSA) is 12.0 Å². The second-order valence-corrected chi connectivity index (χ2v) is 7.49. The highest BCUT2D eigenvalue weighted by atomic mass is 32.2. The molecule has 5 heteroatoms. The lowest BCUT2D eigenvalue weighted by Crippen LogP contribution is -2.37.